The first-order valence-corrected chi connectivity index (χ1v) is 6.69. The smallest absolute Gasteiger partial charge is 0.308 e. The van der Waals surface area contributed by atoms with Crippen molar-refractivity contribution in [2.75, 3.05) is 6.54 Å². The Bertz CT molecular complexity index is 511. The minimum Gasteiger partial charge on any atom is -0.481 e. The van der Waals surface area contributed by atoms with Crippen LogP contribution < -0.4 is 5.32 Å². The number of hydrogen-bond donors (Lipinski definition) is 2. The molecule has 1 unspecified atom stereocenters. The van der Waals surface area contributed by atoms with Gasteiger partial charge in [-0.15, -0.1) is 0 Å². The molecule has 0 aliphatic rings. The Hall–Kier alpha value is -1.50. The van der Waals surface area contributed by atoms with E-state index in [4.69, 9.17) is 5.11 Å². The summed E-state index contributed by atoms with van der Waals surface area (Å²) >= 11 is 2.91. The number of benzene rings is 1. The molecule has 0 radical (unpaired) electrons. The third-order valence-electron chi connectivity index (χ3n) is 2.84. The number of nitrogens with one attached hydrogen (secondary N) is 1. The molecule has 0 bridgehead atoms. The summed E-state index contributed by atoms with van der Waals surface area (Å²) in [5.41, 5.74) is -0.721. The lowest BCUT2D eigenvalue weighted by Crippen LogP contribution is -2.36. The van der Waals surface area contributed by atoms with Gasteiger partial charge in [-0.3, -0.25) is 9.59 Å². The van der Waals surface area contributed by atoms with Gasteiger partial charge in [0.2, 0.25) is 0 Å². The van der Waals surface area contributed by atoms with E-state index in [1.807, 2.05) is 0 Å². The van der Waals surface area contributed by atoms with Gasteiger partial charge in [0.05, 0.1) is 5.92 Å². The average molecular weight is 350 g/mol. The molecule has 1 aromatic rings. The third-order valence-corrected chi connectivity index (χ3v) is 3.30. The van der Waals surface area contributed by atoms with Crippen molar-refractivity contribution in [3.63, 3.8) is 0 Å². The standard InChI is InChI=1S/C13H14BrF2NO3/c1-6(2)8(13(19)20)5-17-12(18)11-9(15)3-7(14)4-10(11)16/h3-4,6,8H,5H2,1-2H3,(H,17,18)(H,19,20). The minimum absolute atomic E-state index is 0.176. The molecule has 2 N–H and O–H groups in total. The Labute approximate surface area is 123 Å². The van der Waals surface area contributed by atoms with Crippen molar-refractivity contribution in [3.05, 3.63) is 33.8 Å². The molecule has 1 amide bonds. The SMILES string of the molecule is CC(C)C(CNC(=O)c1c(F)cc(Br)cc1F)C(=O)O. The highest BCUT2D eigenvalue weighted by molar-refractivity contribution is 9.10. The van der Waals surface area contributed by atoms with Gasteiger partial charge in [-0.1, -0.05) is 29.8 Å². The van der Waals surface area contributed by atoms with Crippen molar-refractivity contribution < 1.29 is 23.5 Å². The number of carbonyl (C=O) groups is 2. The second-order valence-corrected chi connectivity index (χ2v) is 5.56. The van der Waals surface area contributed by atoms with E-state index < -0.39 is 35.0 Å². The summed E-state index contributed by atoms with van der Waals surface area (Å²) in [5.74, 6) is -5.10. The van der Waals surface area contributed by atoms with Crippen LogP contribution in [0.5, 0.6) is 0 Å². The molecule has 0 aliphatic heterocycles. The molecule has 1 atom stereocenters. The molecule has 0 fully saturated rings. The zero-order valence-electron chi connectivity index (χ0n) is 10.9. The normalized spacial score (nSPS) is 12.3. The monoisotopic (exact) mass is 349 g/mol. The van der Waals surface area contributed by atoms with Crippen LogP contribution >= 0.6 is 15.9 Å². The summed E-state index contributed by atoms with van der Waals surface area (Å²) in [7, 11) is 0. The Balaban J connectivity index is 2.85. The molecule has 1 rings (SSSR count). The number of hydrogen-bond acceptors (Lipinski definition) is 2. The van der Waals surface area contributed by atoms with Crippen LogP contribution in [0.2, 0.25) is 0 Å². The summed E-state index contributed by atoms with van der Waals surface area (Å²) in [5, 5.41) is 11.2. The predicted octanol–water partition coefficient (Wildman–Crippen LogP) is 2.81. The summed E-state index contributed by atoms with van der Waals surface area (Å²) < 4.78 is 27.3. The molecular weight excluding hydrogens is 336 g/mol. The van der Waals surface area contributed by atoms with Crippen molar-refractivity contribution in [3.8, 4) is 0 Å². The summed E-state index contributed by atoms with van der Waals surface area (Å²) in [4.78, 5) is 22.7. The first-order valence-electron chi connectivity index (χ1n) is 5.89. The maximum absolute atomic E-state index is 13.6. The molecule has 0 spiro atoms. The van der Waals surface area contributed by atoms with E-state index in [0.717, 1.165) is 12.1 Å². The molecule has 0 saturated carbocycles. The van der Waals surface area contributed by atoms with Gasteiger partial charge in [-0.05, 0) is 18.1 Å². The first kappa shape index (κ1) is 16.6. The predicted molar refractivity (Wildman–Crippen MR) is 72.4 cm³/mol. The van der Waals surface area contributed by atoms with Crippen LogP contribution in [0, 0.1) is 23.5 Å². The maximum Gasteiger partial charge on any atom is 0.308 e. The highest BCUT2D eigenvalue weighted by Gasteiger charge is 2.24. The van der Waals surface area contributed by atoms with Crippen LogP contribution in [-0.4, -0.2) is 23.5 Å². The number of rotatable bonds is 5. The lowest BCUT2D eigenvalue weighted by atomic mass is 9.96. The van der Waals surface area contributed by atoms with E-state index in [1.165, 1.54) is 0 Å². The molecule has 110 valence electrons. The van der Waals surface area contributed by atoms with E-state index in [9.17, 15) is 18.4 Å². The first-order chi connectivity index (χ1) is 9.23. The van der Waals surface area contributed by atoms with Crippen LogP contribution in [0.15, 0.2) is 16.6 Å². The zero-order valence-corrected chi connectivity index (χ0v) is 12.5. The van der Waals surface area contributed by atoms with Crippen molar-refractivity contribution in [1.82, 2.24) is 5.32 Å². The quantitative estimate of drug-likeness (QED) is 0.858. The highest BCUT2D eigenvalue weighted by atomic mass is 79.9. The van der Waals surface area contributed by atoms with Gasteiger partial charge in [0.15, 0.2) is 0 Å². The molecule has 7 heteroatoms. The second-order valence-electron chi connectivity index (χ2n) is 4.64. The summed E-state index contributed by atoms with van der Waals surface area (Å²) in [6.07, 6.45) is 0. The largest absolute Gasteiger partial charge is 0.481 e. The lowest BCUT2D eigenvalue weighted by Gasteiger charge is -2.17. The molecular formula is C13H14BrF2NO3. The Morgan fingerprint density at radius 2 is 1.80 bits per heavy atom. The van der Waals surface area contributed by atoms with Crippen LogP contribution in [0.4, 0.5) is 8.78 Å². The van der Waals surface area contributed by atoms with Crippen LogP contribution in [0.1, 0.15) is 24.2 Å². The molecule has 4 nitrogen and oxygen atoms in total. The fourth-order valence-electron chi connectivity index (χ4n) is 1.66. The van der Waals surface area contributed by atoms with E-state index in [2.05, 4.69) is 21.2 Å². The number of carboxylic acid groups (broad SMARTS) is 1. The molecule has 0 saturated heterocycles. The summed E-state index contributed by atoms with van der Waals surface area (Å²) in [6.45, 7) is 3.18. The van der Waals surface area contributed by atoms with Crippen molar-refractivity contribution in [1.29, 1.82) is 0 Å². The number of carbonyl (C=O) groups excluding carboxylic acids is 1. The van der Waals surface area contributed by atoms with Crippen LogP contribution in [0.3, 0.4) is 0 Å². The third kappa shape index (κ3) is 4.00. The molecule has 1 aromatic carbocycles. The van der Waals surface area contributed by atoms with E-state index in [-0.39, 0.29) is 16.9 Å². The molecule has 0 aliphatic carbocycles. The lowest BCUT2D eigenvalue weighted by molar-refractivity contribution is -0.142. The van der Waals surface area contributed by atoms with Crippen molar-refractivity contribution in [2.24, 2.45) is 11.8 Å². The Morgan fingerprint density at radius 1 is 1.30 bits per heavy atom. The Morgan fingerprint density at radius 3 is 2.20 bits per heavy atom. The Kier molecular flexibility index (Phi) is 5.62. The van der Waals surface area contributed by atoms with Gasteiger partial charge < -0.3 is 10.4 Å². The number of aliphatic carboxylic acids is 1. The average Bonchev–Trinajstić information content (AvgIpc) is 2.26. The van der Waals surface area contributed by atoms with Crippen LogP contribution in [0.25, 0.3) is 0 Å². The topological polar surface area (TPSA) is 66.4 Å². The fraction of sp³-hybridized carbons (Fsp3) is 0.385. The second kappa shape index (κ2) is 6.78. The van der Waals surface area contributed by atoms with Gasteiger partial charge in [0.25, 0.3) is 5.91 Å². The molecule has 0 heterocycles. The molecule has 20 heavy (non-hydrogen) atoms. The maximum atomic E-state index is 13.6. The van der Waals surface area contributed by atoms with E-state index in [0.29, 0.717) is 0 Å². The summed E-state index contributed by atoms with van der Waals surface area (Å²) in [6, 6.07) is 1.93. The highest BCUT2D eigenvalue weighted by Crippen LogP contribution is 2.19. The van der Waals surface area contributed by atoms with Crippen molar-refractivity contribution >= 4 is 27.8 Å². The van der Waals surface area contributed by atoms with Crippen molar-refractivity contribution in [2.45, 2.75) is 13.8 Å². The van der Waals surface area contributed by atoms with E-state index >= 15 is 0 Å². The van der Waals surface area contributed by atoms with Crippen LogP contribution in [-0.2, 0) is 4.79 Å². The minimum atomic E-state index is -1.07. The van der Waals surface area contributed by atoms with Gasteiger partial charge in [-0.2, -0.15) is 0 Å². The van der Waals surface area contributed by atoms with Gasteiger partial charge in [-0.25, -0.2) is 8.78 Å². The number of halogens is 3. The van der Waals surface area contributed by atoms with Gasteiger partial charge in [0.1, 0.15) is 17.2 Å². The number of amides is 1. The van der Waals surface area contributed by atoms with Gasteiger partial charge in [0, 0.05) is 11.0 Å². The zero-order chi connectivity index (χ0) is 15.4. The fourth-order valence-corrected chi connectivity index (χ4v) is 2.06. The number of carboxylic acids is 1. The van der Waals surface area contributed by atoms with E-state index in [1.54, 1.807) is 13.8 Å². The van der Waals surface area contributed by atoms with Gasteiger partial charge >= 0.3 is 5.97 Å². The molecule has 0 aromatic heterocycles.